The van der Waals surface area contributed by atoms with Crippen LogP contribution in [0.15, 0.2) is 54.1 Å². The molecule has 1 fully saturated rings. The van der Waals surface area contributed by atoms with Crippen LogP contribution < -0.4 is 16.0 Å². The van der Waals surface area contributed by atoms with Gasteiger partial charge in [-0.25, -0.2) is 4.98 Å². The maximum absolute atomic E-state index is 14.6. The molecule has 1 aromatic heterocycles. The van der Waals surface area contributed by atoms with Crippen molar-refractivity contribution >= 4 is 52.7 Å². The number of imide groups is 1. The highest BCUT2D eigenvalue weighted by molar-refractivity contribution is 7.09. The van der Waals surface area contributed by atoms with E-state index < -0.39 is 47.6 Å². The zero-order valence-corrected chi connectivity index (χ0v) is 50.2. The quantitative estimate of drug-likeness (QED) is 0.0631. The van der Waals surface area contributed by atoms with Crippen molar-refractivity contribution in [1.29, 1.82) is 0 Å². The van der Waals surface area contributed by atoms with Crippen molar-refractivity contribution in [3.8, 4) is 0 Å². The first-order valence-corrected chi connectivity index (χ1v) is 29.2. The summed E-state index contributed by atoms with van der Waals surface area (Å²) >= 11 is 1.48. The van der Waals surface area contributed by atoms with E-state index in [1.54, 1.807) is 44.0 Å². The summed E-state index contributed by atoms with van der Waals surface area (Å²) in [6.07, 6.45) is 5.48. The molecule has 1 aromatic carbocycles. The lowest BCUT2D eigenvalue weighted by atomic mass is 9.89. The van der Waals surface area contributed by atoms with Crippen LogP contribution in [0.3, 0.4) is 0 Å². The summed E-state index contributed by atoms with van der Waals surface area (Å²) in [5.74, 6) is -3.40. The third-order valence-corrected chi connectivity index (χ3v) is 15.4. The highest BCUT2D eigenvalue weighted by Gasteiger charge is 2.44. The molecule has 0 saturated carbocycles. The SMILES string of the molecule is CC[C@H](C)[C@@H]([C@@H](CC(=O)N1CCC[C@H]1[C@H](OC)[C@@H](C)C(=O)N[C@@H](Cc1ccccc1)c1nccs1)OC)N(C)C(=O)[C@@H](NC(=O)C(C)(C)NC(=O)CCOCCOCCOCCOCCOCCOCCN1C(=O)C=CC1=O)C(C)C. The molecule has 3 heterocycles. The molecule has 22 nitrogen and oxygen atoms in total. The molecule has 1 saturated heterocycles. The number of hydrogen-bond donors (Lipinski definition) is 3. The van der Waals surface area contributed by atoms with Crippen LogP contribution in [0, 0.1) is 17.8 Å². The van der Waals surface area contributed by atoms with Gasteiger partial charge in [0.25, 0.3) is 11.8 Å². The number of likely N-dealkylation sites (tertiary alicyclic amines) is 1. The molecule has 81 heavy (non-hydrogen) atoms. The predicted octanol–water partition coefficient (Wildman–Crippen LogP) is 3.91. The van der Waals surface area contributed by atoms with Crippen molar-refractivity contribution in [3.63, 3.8) is 0 Å². The number of benzene rings is 1. The largest absolute Gasteiger partial charge is 0.379 e. The molecule has 23 heteroatoms. The van der Waals surface area contributed by atoms with E-state index in [4.69, 9.17) is 37.9 Å². The van der Waals surface area contributed by atoms with Crippen molar-refractivity contribution < 1.29 is 71.5 Å². The van der Waals surface area contributed by atoms with Gasteiger partial charge in [-0.2, -0.15) is 0 Å². The van der Waals surface area contributed by atoms with Crippen molar-refractivity contribution in [3.05, 3.63) is 64.6 Å². The number of ether oxygens (including phenoxy) is 8. The molecule has 2 aliphatic heterocycles. The Hall–Kier alpha value is -5.24. The number of methoxy groups -OCH3 is 2. The lowest BCUT2D eigenvalue weighted by Gasteiger charge is -2.41. The average molecular weight is 1160 g/mol. The smallest absolute Gasteiger partial charge is 0.253 e. The number of amides is 7. The second kappa shape index (κ2) is 36.4. The number of nitrogens with zero attached hydrogens (tertiary/aromatic N) is 4. The number of carbonyl (C=O) groups is 7. The summed E-state index contributed by atoms with van der Waals surface area (Å²) in [7, 11) is 4.78. The molecule has 0 unspecified atom stereocenters. The summed E-state index contributed by atoms with van der Waals surface area (Å²) in [5.41, 5.74) is -0.314. The molecule has 0 bridgehead atoms. The number of rotatable bonds is 41. The van der Waals surface area contributed by atoms with Crippen LogP contribution in [0.2, 0.25) is 0 Å². The van der Waals surface area contributed by atoms with Crippen LogP contribution in [0.4, 0.5) is 0 Å². The molecule has 8 atom stereocenters. The van der Waals surface area contributed by atoms with Crippen LogP contribution in [-0.2, 0) is 77.9 Å². The normalized spacial score (nSPS) is 17.2. The number of nitrogens with one attached hydrogen (secondary N) is 3. The summed E-state index contributed by atoms with van der Waals surface area (Å²) in [6.45, 7) is 17.2. The maximum Gasteiger partial charge on any atom is 0.253 e. The minimum atomic E-state index is -1.38. The fourth-order valence-corrected chi connectivity index (χ4v) is 10.5. The predicted molar refractivity (Wildman–Crippen MR) is 304 cm³/mol. The summed E-state index contributed by atoms with van der Waals surface area (Å²) in [5, 5.41) is 11.6. The van der Waals surface area contributed by atoms with Gasteiger partial charge in [0, 0.05) is 58.0 Å². The minimum Gasteiger partial charge on any atom is -0.379 e. The molecule has 0 radical (unpaired) electrons. The van der Waals surface area contributed by atoms with E-state index in [-0.39, 0.29) is 92.7 Å². The number of hydrogen-bond acceptors (Lipinski definition) is 17. The molecule has 2 aliphatic rings. The van der Waals surface area contributed by atoms with Gasteiger partial charge in [0.1, 0.15) is 16.6 Å². The Balaban J connectivity index is 1.16. The fraction of sp³-hybridized carbons (Fsp3) is 0.690. The second-order valence-corrected chi connectivity index (χ2v) is 22.1. The standard InChI is InChI=1S/C58H91N7O15S/c1-11-41(4)52(46(73-9)39-50(69)64-23-15-18-45(64)53(74-10)42(5)54(70)60-44(55-59-22-37-81-55)38-43-16-13-12-14-17-43)63(8)56(71)51(40(2)3)61-57(72)58(6,7)62-47(66)21-25-75-27-29-77-31-33-79-35-36-80-34-32-78-30-28-76-26-24-65-48(67)19-20-49(65)68/h12-14,16-17,19-20,22,37,40-42,44-46,51-53H,11,15,18,21,23-36,38-39H2,1-10H3,(H,60,70)(H,61,72)(H,62,66)/t41-,42+,44-,45-,46+,51-,52-,53+/m0/s1. The van der Waals surface area contributed by atoms with Gasteiger partial charge in [0.15, 0.2) is 0 Å². The van der Waals surface area contributed by atoms with E-state index in [1.165, 1.54) is 30.6 Å². The Morgan fingerprint density at radius 3 is 1.88 bits per heavy atom. The minimum absolute atomic E-state index is 0.00685. The molecular formula is C58H91N7O15S. The number of aromatic nitrogens is 1. The molecule has 0 aliphatic carbocycles. The number of carbonyl (C=O) groups excluding carboxylic acids is 7. The molecule has 4 rings (SSSR count). The monoisotopic (exact) mass is 1160 g/mol. The lowest BCUT2D eigenvalue weighted by molar-refractivity contribution is -0.148. The van der Waals surface area contributed by atoms with Crippen LogP contribution in [0.25, 0.3) is 0 Å². The highest BCUT2D eigenvalue weighted by atomic mass is 32.1. The zero-order chi connectivity index (χ0) is 59.3. The Morgan fingerprint density at radius 2 is 1.36 bits per heavy atom. The van der Waals surface area contributed by atoms with Gasteiger partial charge in [0.2, 0.25) is 29.5 Å². The summed E-state index contributed by atoms with van der Waals surface area (Å²) in [4.78, 5) is 102. The highest BCUT2D eigenvalue weighted by Crippen LogP contribution is 2.31. The van der Waals surface area contributed by atoms with Gasteiger partial charge in [-0.05, 0) is 50.5 Å². The molecule has 454 valence electrons. The van der Waals surface area contributed by atoms with E-state index >= 15 is 0 Å². The Labute approximate surface area is 482 Å². The maximum atomic E-state index is 14.6. The molecular weight excluding hydrogens is 1070 g/mol. The van der Waals surface area contributed by atoms with Crippen LogP contribution in [0.5, 0.6) is 0 Å². The zero-order valence-electron chi connectivity index (χ0n) is 49.4. The lowest BCUT2D eigenvalue weighted by Crippen LogP contribution is -2.62. The fourth-order valence-electron chi connectivity index (χ4n) is 9.76. The van der Waals surface area contributed by atoms with E-state index in [9.17, 15) is 33.6 Å². The second-order valence-electron chi connectivity index (χ2n) is 21.2. The van der Waals surface area contributed by atoms with Crippen molar-refractivity contribution in [1.82, 2.24) is 35.6 Å². The number of likely N-dealkylation sites (N-methyl/N-ethyl adjacent to an activating group) is 1. The van der Waals surface area contributed by atoms with Crippen LogP contribution >= 0.6 is 11.3 Å². The van der Waals surface area contributed by atoms with E-state index in [1.807, 2.05) is 70.3 Å². The van der Waals surface area contributed by atoms with Gasteiger partial charge in [-0.3, -0.25) is 38.5 Å². The Morgan fingerprint density at radius 1 is 0.790 bits per heavy atom. The van der Waals surface area contributed by atoms with Gasteiger partial charge in [-0.15, -0.1) is 11.3 Å². The van der Waals surface area contributed by atoms with E-state index in [0.717, 1.165) is 21.9 Å². The van der Waals surface area contributed by atoms with Crippen LogP contribution in [0.1, 0.15) is 97.2 Å². The molecule has 3 N–H and O–H groups in total. The topological polar surface area (TPSA) is 252 Å². The Kier molecular flexibility index (Phi) is 30.6. The first kappa shape index (κ1) is 68.3. The van der Waals surface area contributed by atoms with Crippen molar-refractivity contribution in [2.75, 3.05) is 114 Å². The van der Waals surface area contributed by atoms with E-state index in [0.29, 0.717) is 85.3 Å². The molecule has 2 aromatic rings. The van der Waals surface area contributed by atoms with Crippen LogP contribution in [-0.4, -0.2) is 211 Å². The molecule has 7 amide bonds. The summed E-state index contributed by atoms with van der Waals surface area (Å²) in [6, 6.07) is 7.69. The third-order valence-electron chi connectivity index (χ3n) is 14.5. The average Bonchev–Trinajstić information content (AvgIpc) is 4.31. The number of thiazole rings is 1. The Bertz CT molecular complexity index is 2240. The van der Waals surface area contributed by atoms with Gasteiger partial charge < -0.3 is 63.6 Å². The first-order chi connectivity index (χ1) is 38.8. The van der Waals surface area contributed by atoms with Gasteiger partial charge >= 0.3 is 0 Å². The van der Waals surface area contributed by atoms with Crippen molar-refractivity contribution in [2.45, 2.75) is 129 Å². The van der Waals surface area contributed by atoms with Gasteiger partial charge in [-0.1, -0.05) is 71.4 Å². The third kappa shape index (κ3) is 22.5. The first-order valence-electron chi connectivity index (χ1n) is 28.3. The molecule has 0 spiro atoms. The summed E-state index contributed by atoms with van der Waals surface area (Å²) < 4.78 is 45.1. The van der Waals surface area contributed by atoms with Gasteiger partial charge in [0.05, 0.1) is 128 Å². The van der Waals surface area contributed by atoms with Crippen molar-refractivity contribution in [2.24, 2.45) is 17.8 Å². The van der Waals surface area contributed by atoms with E-state index in [2.05, 4.69) is 20.9 Å².